The highest BCUT2D eigenvalue weighted by molar-refractivity contribution is 7.89. The van der Waals surface area contributed by atoms with Crippen LogP contribution in [0.25, 0.3) is 0 Å². The average Bonchev–Trinajstić information content (AvgIpc) is 2.61. The van der Waals surface area contributed by atoms with E-state index in [2.05, 4.69) is 9.46 Å². The van der Waals surface area contributed by atoms with E-state index in [0.717, 1.165) is 11.1 Å². The summed E-state index contributed by atoms with van der Waals surface area (Å²) in [5.74, 6) is -0.211. The van der Waals surface area contributed by atoms with Crippen molar-refractivity contribution in [2.45, 2.75) is 31.1 Å². The first-order valence-electron chi connectivity index (χ1n) is 8.08. The summed E-state index contributed by atoms with van der Waals surface area (Å²) >= 11 is 0. The van der Waals surface area contributed by atoms with E-state index in [1.54, 1.807) is 36.4 Å². The molecule has 2 aromatic carbocycles. The van der Waals surface area contributed by atoms with Gasteiger partial charge in [0.1, 0.15) is 0 Å². The molecule has 6 heteroatoms. The predicted octanol–water partition coefficient (Wildman–Crippen LogP) is 3.25. The standard InChI is InChI=1S/C19H23NO4S/c1-14-4-10-18(11-5-14)25(22,23)20-13-12-15(2)16-6-8-17(9-7-16)19(21)24-3/h4-11,15,20H,12-13H2,1-3H3. The molecular formula is C19H23NO4S. The molecule has 0 aliphatic rings. The van der Waals surface area contributed by atoms with Crippen LogP contribution in [0.1, 0.15) is 40.7 Å². The highest BCUT2D eigenvalue weighted by Crippen LogP contribution is 2.20. The number of methoxy groups -OCH3 is 1. The Morgan fingerprint density at radius 3 is 2.24 bits per heavy atom. The third-order valence-corrected chi connectivity index (χ3v) is 5.58. The molecule has 0 radical (unpaired) electrons. The third-order valence-electron chi connectivity index (χ3n) is 4.10. The van der Waals surface area contributed by atoms with Gasteiger partial charge in [0.05, 0.1) is 17.6 Å². The molecule has 0 aromatic heterocycles. The second kappa shape index (κ2) is 8.27. The van der Waals surface area contributed by atoms with Crippen LogP contribution in [0.3, 0.4) is 0 Å². The maximum Gasteiger partial charge on any atom is 0.337 e. The monoisotopic (exact) mass is 361 g/mol. The number of ether oxygens (including phenoxy) is 1. The maximum atomic E-state index is 12.3. The Hall–Kier alpha value is -2.18. The van der Waals surface area contributed by atoms with Crippen molar-refractivity contribution < 1.29 is 17.9 Å². The number of nitrogens with one attached hydrogen (secondary N) is 1. The molecule has 134 valence electrons. The minimum absolute atomic E-state index is 0.160. The summed E-state index contributed by atoms with van der Waals surface area (Å²) in [4.78, 5) is 11.7. The number of hydrogen-bond donors (Lipinski definition) is 1. The lowest BCUT2D eigenvalue weighted by Crippen LogP contribution is -2.25. The van der Waals surface area contributed by atoms with E-state index >= 15 is 0 Å². The molecule has 5 nitrogen and oxygen atoms in total. The van der Waals surface area contributed by atoms with Crippen LogP contribution in [-0.2, 0) is 14.8 Å². The first-order chi connectivity index (χ1) is 11.8. The number of benzene rings is 2. The van der Waals surface area contributed by atoms with Gasteiger partial charge in [-0.15, -0.1) is 0 Å². The molecule has 0 aliphatic carbocycles. The number of carbonyl (C=O) groups is 1. The zero-order chi connectivity index (χ0) is 18.4. The summed E-state index contributed by atoms with van der Waals surface area (Å²) < 4.78 is 31.8. The Morgan fingerprint density at radius 2 is 1.68 bits per heavy atom. The fourth-order valence-corrected chi connectivity index (χ4v) is 3.49. The van der Waals surface area contributed by atoms with Crippen LogP contribution in [0, 0.1) is 6.92 Å². The summed E-state index contributed by atoms with van der Waals surface area (Å²) in [6.07, 6.45) is 0.655. The van der Waals surface area contributed by atoms with Crippen LogP contribution in [0.2, 0.25) is 0 Å². The molecule has 1 unspecified atom stereocenters. The molecule has 0 amide bonds. The van der Waals surface area contributed by atoms with Crippen molar-refractivity contribution in [1.29, 1.82) is 0 Å². The van der Waals surface area contributed by atoms with E-state index in [1.807, 2.05) is 26.0 Å². The van der Waals surface area contributed by atoms with Gasteiger partial charge in [0.2, 0.25) is 10.0 Å². The van der Waals surface area contributed by atoms with E-state index in [-0.39, 0.29) is 16.8 Å². The van der Waals surface area contributed by atoms with Gasteiger partial charge in [-0.25, -0.2) is 17.9 Å². The summed E-state index contributed by atoms with van der Waals surface area (Å²) in [6, 6.07) is 13.9. The minimum atomic E-state index is -3.49. The molecule has 1 atom stereocenters. The molecular weight excluding hydrogens is 338 g/mol. The van der Waals surface area contributed by atoms with Crippen molar-refractivity contribution >= 4 is 16.0 Å². The zero-order valence-corrected chi connectivity index (χ0v) is 15.5. The number of aryl methyl sites for hydroxylation is 1. The predicted molar refractivity (Wildman–Crippen MR) is 97.2 cm³/mol. The number of carbonyl (C=O) groups excluding carboxylic acids is 1. The zero-order valence-electron chi connectivity index (χ0n) is 14.7. The summed E-state index contributed by atoms with van der Waals surface area (Å²) in [5, 5.41) is 0. The van der Waals surface area contributed by atoms with E-state index in [9.17, 15) is 13.2 Å². The van der Waals surface area contributed by atoms with E-state index < -0.39 is 10.0 Å². The minimum Gasteiger partial charge on any atom is -0.465 e. The molecule has 0 saturated heterocycles. The normalized spacial score (nSPS) is 12.6. The van der Waals surface area contributed by atoms with Crippen LogP contribution >= 0.6 is 0 Å². The molecule has 0 saturated carbocycles. The largest absolute Gasteiger partial charge is 0.465 e. The first kappa shape index (κ1) is 19.1. The van der Waals surface area contributed by atoms with Crippen molar-refractivity contribution in [3.8, 4) is 0 Å². The second-order valence-electron chi connectivity index (χ2n) is 6.01. The summed E-state index contributed by atoms with van der Waals surface area (Å²) in [6.45, 7) is 4.28. The highest BCUT2D eigenvalue weighted by Gasteiger charge is 2.14. The lowest BCUT2D eigenvalue weighted by atomic mass is 9.97. The van der Waals surface area contributed by atoms with E-state index in [1.165, 1.54) is 7.11 Å². The lowest BCUT2D eigenvalue weighted by Gasteiger charge is -2.13. The Labute approximate surface area is 149 Å². The molecule has 0 fully saturated rings. The van der Waals surface area contributed by atoms with E-state index in [4.69, 9.17) is 0 Å². The van der Waals surface area contributed by atoms with Gasteiger partial charge in [-0.05, 0) is 49.1 Å². The molecule has 2 aromatic rings. The Kier molecular flexibility index (Phi) is 6.33. The van der Waals surface area contributed by atoms with Crippen LogP contribution in [0.4, 0.5) is 0 Å². The topological polar surface area (TPSA) is 72.5 Å². The van der Waals surface area contributed by atoms with Crippen LogP contribution in [0.5, 0.6) is 0 Å². The van der Waals surface area contributed by atoms with Crippen molar-refractivity contribution in [2.24, 2.45) is 0 Å². The van der Waals surface area contributed by atoms with Gasteiger partial charge in [-0.3, -0.25) is 0 Å². The molecule has 0 heterocycles. The Bertz CT molecular complexity index is 812. The van der Waals surface area contributed by atoms with Gasteiger partial charge in [-0.1, -0.05) is 36.8 Å². The quantitative estimate of drug-likeness (QED) is 0.769. The van der Waals surface area contributed by atoms with Crippen LogP contribution < -0.4 is 4.72 Å². The number of rotatable bonds is 7. The van der Waals surface area contributed by atoms with Crippen LogP contribution in [-0.4, -0.2) is 28.0 Å². The maximum absolute atomic E-state index is 12.3. The SMILES string of the molecule is COC(=O)c1ccc(C(C)CCNS(=O)(=O)c2ccc(C)cc2)cc1. The second-order valence-corrected chi connectivity index (χ2v) is 7.78. The van der Waals surface area contributed by atoms with Crippen molar-refractivity contribution in [2.75, 3.05) is 13.7 Å². The van der Waals surface area contributed by atoms with Gasteiger partial charge in [0.25, 0.3) is 0 Å². The fourth-order valence-electron chi connectivity index (χ4n) is 2.44. The summed E-state index contributed by atoms with van der Waals surface area (Å²) in [7, 11) is -2.14. The molecule has 0 bridgehead atoms. The Morgan fingerprint density at radius 1 is 1.08 bits per heavy atom. The summed E-state index contributed by atoms with van der Waals surface area (Å²) in [5.41, 5.74) is 2.56. The number of hydrogen-bond acceptors (Lipinski definition) is 4. The average molecular weight is 361 g/mol. The lowest BCUT2D eigenvalue weighted by molar-refractivity contribution is 0.0600. The smallest absolute Gasteiger partial charge is 0.337 e. The molecule has 2 rings (SSSR count). The van der Waals surface area contributed by atoms with Gasteiger partial charge < -0.3 is 4.74 Å². The van der Waals surface area contributed by atoms with Crippen molar-refractivity contribution in [3.63, 3.8) is 0 Å². The molecule has 0 aliphatic heterocycles. The third kappa shape index (κ3) is 5.14. The van der Waals surface area contributed by atoms with Crippen LogP contribution in [0.15, 0.2) is 53.4 Å². The van der Waals surface area contributed by atoms with Crippen molar-refractivity contribution in [1.82, 2.24) is 4.72 Å². The Balaban J connectivity index is 1.92. The number of esters is 1. The van der Waals surface area contributed by atoms with Gasteiger partial charge >= 0.3 is 5.97 Å². The first-order valence-corrected chi connectivity index (χ1v) is 9.56. The van der Waals surface area contributed by atoms with Gasteiger partial charge in [0.15, 0.2) is 0 Å². The van der Waals surface area contributed by atoms with Gasteiger partial charge in [0, 0.05) is 6.54 Å². The number of sulfonamides is 1. The molecule has 1 N–H and O–H groups in total. The molecule has 25 heavy (non-hydrogen) atoms. The van der Waals surface area contributed by atoms with Crippen molar-refractivity contribution in [3.05, 3.63) is 65.2 Å². The highest BCUT2D eigenvalue weighted by atomic mass is 32.2. The van der Waals surface area contributed by atoms with E-state index in [0.29, 0.717) is 18.5 Å². The fraction of sp³-hybridized carbons (Fsp3) is 0.316. The molecule has 0 spiro atoms. The van der Waals surface area contributed by atoms with Gasteiger partial charge in [-0.2, -0.15) is 0 Å².